The number of carboxylic acids is 1. The first kappa shape index (κ1) is 30.8. The van der Waals surface area contributed by atoms with Crippen LogP contribution in [-0.2, 0) is 27.8 Å². The number of carboxylic acid groups (broad SMARTS) is 1. The van der Waals surface area contributed by atoms with Crippen molar-refractivity contribution in [3.63, 3.8) is 0 Å². The van der Waals surface area contributed by atoms with Gasteiger partial charge in [0.05, 0.1) is 6.10 Å². The van der Waals surface area contributed by atoms with Gasteiger partial charge in [-0.05, 0) is 81.2 Å². The maximum atomic E-state index is 13.5. The molecule has 4 rings (SSSR count). The molecule has 0 spiro atoms. The summed E-state index contributed by atoms with van der Waals surface area (Å²) in [6.07, 6.45) is 6.62. The van der Waals surface area contributed by atoms with E-state index in [1.54, 1.807) is 0 Å². The van der Waals surface area contributed by atoms with Gasteiger partial charge in [0.2, 0.25) is 0 Å². The molecular weight excluding hydrogens is 521 g/mol. The van der Waals surface area contributed by atoms with E-state index in [9.17, 15) is 14.3 Å². The number of methoxy groups -OCH3 is 1. The summed E-state index contributed by atoms with van der Waals surface area (Å²) in [6.45, 7) is 6.34. The van der Waals surface area contributed by atoms with E-state index in [1.807, 2.05) is 25.2 Å². The lowest BCUT2D eigenvalue weighted by atomic mass is 9.90. The third kappa shape index (κ3) is 7.98. The molecule has 0 amide bonds. The number of alkyl halides is 1. The average molecular weight is 568 g/mol. The Morgan fingerprint density at radius 2 is 2.05 bits per heavy atom. The molecule has 2 atom stereocenters. The number of aromatic nitrogens is 1. The second-order valence-corrected chi connectivity index (χ2v) is 11.3. The van der Waals surface area contributed by atoms with E-state index in [0.717, 1.165) is 86.5 Å². The van der Waals surface area contributed by atoms with Crippen LogP contribution in [0.3, 0.4) is 0 Å². The molecule has 2 heterocycles. The number of pyridine rings is 1. The lowest BCUT2D eigenvalue weighted by molar-refractivity contribution is -0.139. The van der Waals surface area contributed by atoms with Crippen molar-refractivity contribution in [1.82, 2.24) is 15.2 Å². The van der Waals surface area contributed by atoms with E-state index in [-0.39, 0.29) is 5.41 Å². The third-order valence-electron chi connectivity index (χ3n) is 8.50. The Kier molecular flexibility index (Phi) is 11.0. The van der Waals surface area contributed by atoms with E-state index in [0.29, 0.717) is 19.5 Å². The first-order valence-corrected chi connectivity index (χ1v) is 14.9. The van der Waals surface area contributed by atoms with E-state index >= 15 is 0 Å². The highest BCUT2D eigenvalue weighted by Gasteiger charge is 2.49. The zero-order valence-corrected chi connectivity index (χ0v) is 24.6. The van der Waals surface area contributed by atoms with Crippen molar-refractivity contribution < 1.29 is 19.0 Å². The number of carbonyl (C=O) groups is 1. The number of nitrogens with one attached hydrogen (secondary N) is 3. The predicted octanol–water partition coefficient (Wildman–Crippen LogP) is 4.77. The Labute approximate surface area is 243 Å². The van der Waals surface area contributed by atoms with Gasteiger partial charge in [0.25, 0.3) is 0 Å². The Morgan fingerprint density at radius 3 is 2.76 bits per heavy atom. The van der Waals surface area contributed by atoms with Gasteiger partial charge in [0.1, 0.15) is 18.5 Å². The number of fused-ring (bicyclic) bond motifs is 1. The maximum Gasteiger partial charge on any atom is 0.326 e. The molecule has 1 aliphatic carbocycles. The van der Waals surface area contributed by atoms with Gasteiger partial charge in [-0.15, -0.1) is 0 Å². The SMILES string of the molecule is C=C(NC(CCN(CCCCc1ccc2c(n1)NCCC2)CC(CF)OC)C(=O)O)C1(c2ccccc2NC)CC1. The highest BCUT2D eigenvalue weighted by atomic mass is 19.1. The number of para-hydroxylation sites is 1. The number of allylic oxidation sites excluding steroid dienone is 1. The summed E-state index contributed by atoms with van der Waals surface area (Å²) in [6, 6.07) is 11.6. The molecule has 224 valence electrons. The molecule has 2 unspecified atom stereocenters. The van der Waals surface area contributed by atoms with Crippen LogP contribution in [0.1, 0.15) is 55.3 Å². The van der Waals surface area contributed by atoms with Gasteiger partial charge in [-0.3, -0.25) is 0 Å². The van der Waals surface area contributed by atoms with Gasteiger partial charge in [-0.2, -0.15) is 0 Å². The molecule has 2 aliphatic rings. The lowest BCUT2D eigenvalue weighted by Gasteiger charge is -2.29. The fraction of sp³-hybridized carbons (Fsp3) is 0.562. The number of hydrogen-bond acceptors (Lipinski definition) is 7. The number of halogens is 1. The fourth-order valence-electron chi connectivity index (χ4n) is 5.81. The van der Waals surface area contributed by atoms with Gasteiger partial charge in [0, 0.05) is 56.3 Å². The summed E-state index contributed by atoms with van der Waals surface area (Å²) < 4.78 is 18.9. The molecule has 2 aromatic rings. The van der Waals surface area contributed by atoms with Gasteiger partial charge in [0.15, 0.2) is 0 Å². The molecule has 1 aliphatic heterocycles. The van der Waals surface area contributed by atoms with Crippen LogP contribution in [0.5, 0.6) is 0 Å². The summed E-state index contributed by atoms with van der Waals surface area (Å²) in [5.41, 5.74) is 5.01. The highest BCUT2D eigenvalue weighted by Crippen LogP contribution is 2.54. The number of nitrogens with zero attached hydrogens (tertiary/aromatic N) is 2. The zero-order chi connectivity index (χ0) is 29.2. The number of unbranched alkanes of at least 4 members (excludes halogenated alkanes) is 1. The molecule has 1 aromatic heterocycles. The summed E-state index contributed by atoms with van der Waals surface area (Å²) >= 11 is 0. The Bertz CT molecular complexity index is 1170. The van der Waals surface area contributed by atoms with Crippen LogP contribution in [0.15, 0.2) is 48.7 Å². The number of benzene rings is 1. The number of aliphatic carboxylic acids is 1. The summed E-state index contributed by atoms with van der Waals surface area (Å²) in [4.78, 5) is 19.2. The van der Waals surface area contributed by atoms with Gasteiger partial charge >= 0.3 is 5.97 Å². The molecule has 8 nitrogen and oxygen atoms in total. The van der Waals surface area contributed by atoms with Crippen LogP contribution in [-0.4, -0.2) is 80.1 Å². The number of anilines is 2. The van der Waals surface area contributed by atoms with Crippen LogP contribution < -0.4 is 16.0 Å². The van der Waals surface area contributed by atoms with Crippen molar-refractivity contribution in [1.29, 1.82) is 0 Å². The number of rotatable bonds is 18. The van der Waals surface area contributed by atoms with Crippen LogP contribution in [0.4, 0.5) is 15.9 Å². The molecule has 0 radical (unpaired) electrons. The third-order valence-corrected chi connectivity index (χ3v) is 8.50. The molecule has 0 bridgehead atoms. The molecule has 9 heteroatoms. The predicted molar refractivity (Wildman–Crippen MR) is 162 cm³/mol. The van der Waals surface area contributed by atoms with Gasteiger partial charge in [-0.25, -0.2) is 14.2 Å². The van der Waals surface area contributed by atoms with Crippen molar-refractivity contribution in [3.8, 4) is 0 Å². The fourth-order valence-corrected chi connectivity index (χ4v) is 5.81. The van der Waals surface area contributed by atoms with E-state index in [4.69, 9.17) is 9.72 Å². The quantitative estimate of drug-likeness (QED) is 0.191. The monoisotopic (exact) mass is 567 g/mol. The summed E-state index contributed by atoms with van der Waals surface area (Å²) in [5, 5.41) is 20.0. The van der Waals surface area contributed by atoms with Crippen LogP contribution >= 0.6 is 0 Å². The number of ether oxygens (including phenoxy) is 1. The minimum absolute atomic E-state index is 0.261. The first-order chi connectivity index (χ1) is 19.9. The molecule has 1 aromatic carbocycles. The first-order valence-electron chi connectivity index (χ1n) is 14.9. The van der Waals surface area contributed by atoms with Crippen molar-refractivity contribution in [3.05, 3.63) is 65.5 Å². The van der Waals surface area contributed by atoms with Gasteiger partial charge in [-0.1, -0.05) is 30.8 Å². The topological polar surface area (TPSA) is 98.8 Å². The van der Waals surface area contributed by atoms with E-state index in [1.165, 1.54) is 12.7 Å². The Hall–Kier alpha value is -3.17. The minimum atomic E-state index is -0.912. The van der Waals surface area contributed by atoms with Crippen molar-refractivity contribution in [2.24, 2.45) is 0 Å². The molecule has 1 fully saturated rings. The standard InChI is InChI=1S/C32H46FN5O3/c1-23(32(16-17-32)27-11-4-5-12-28(27)34-2)36-29(31(39)40)15-20-38(22-26(21-33)41-3)19-7-6-10-25-14-13-24-9-8-18-35-30(24)37-25/h4-5,11-14,26,29,34,36H,1,6-10,15-22H2,2-3H3,(H,35,37)(H,39,40). The molecule has 1 saturated carbocycles. The van der Waals surface area contributed by atoms with Crippen molar-refractivity contribution in [2.75, 3.05) is 57.6 Å². The normalized spacial score (nSPS) is 16.8. The Morgan fingerprint density at radius 1 is 1.24 bits per heavy atom. The Balaban J connectivity index is 1.33. The number of hydrogen-bond donors (Lipinski definition) is 4. The van der Waals surface area contributed by atoms with Crippen molar-refractivity contribution in [2.45, 2.75) is 68.9 Å². The summed E-state index contributed by atoms with van der Waals surface area (Å²) in [7, 11) is 3.41. The average Bonchev–Trinajstić information content (AvgIpc) is 3.81. The second-order valence-electron chi connectivity index (χ2n) is 11.3. The highest BCUT2D eigenvalue weighted by molar-refractivity contribution is 5.74. The zero-order valence-electron chi connectivity index (χ0n) is 24.6. The van der Waals surface area contributed by atoms with Gasteiger partial charge < -0.3 is 30.7 Å². The maximum absolute atomic E-state index is 13.5. The van der Waals surface area contributed by atoms with E-state index in [2.05, 4.69) is 45.6 Å². The molecule has 0 saturated heterocycles. The van der Waals surface area contributed by atoms with Crippen molar-refractivity contribution >= 4 is 17.5 Å². The summed E-state index contributed by atoms with van der Waals surface area (Å²) in [5.74, 6) is 0.0992. The van der Waals surface area contributed by atoms with Crippen LogP contribution in [0.25, 0.3) is 0 Å². The largest absolute Gasteiger partial charge is 0.480 e. The minimum Gasteiger partial charge on any atom is -0.480 e. The van der Waals surface area contributed by atoms with Crippen LogP contribution in [0, 0.1) is 0 Å². The number of aryl methyl sites for hydroxylation is 2. The van der Waals surface area contributed by atoms with E-state index < -0.39 is 24.8 Å². The molecule has 4 N–H and O–H groups in total. The lowest BCUT2D eigenvalue weighted by Crippen LogP contribution is -2.43. The smallest absolute Gasteiger partial charge is 0.326 e. The van der Waals surface area contributed by atoms with Crippen LogP contribution in [0.2, 0.25) is 0 Å². The molecular formula is C32H46FN5O3. The molecule has 41 heavy (non-hydrogen) atoms. The second kappa shape index (κ2) is 14.6.